The van der Waals surface area contributed by atoms with E-state index in [0.717, 1.165) is 0 Å². The topological polar surface area (TPSA) is 80.3 Å². The van der Waals surface area contributed by atoms with E-state index in [0.29, 0.717) is 0 Å². The van der Waals surface area contributed by atoms with Crippen LogP contribution in [0.1, 0.15) is 13.8 Å². The minimum atomic E-state index is -1.19. The molecule has 0 aromatic carbocycles. The Bertz CT molecular complexity index is 177. The van der Waals surface area contributed by atoms with Gasteiger partial charge in [-0.3, -0.25) is 0 Å². The molecule has 0 aliphatic carbocycles. The van der Waals surface area contributed by atoms with Crippen LogP contribution in [-0.4, -0.2) is 49.7 Å². The first-order valence-electron chi connectivity index (χ1n) is 3.02. The maximum atomic E-state index is 9.49. The molecule has 0 aromatic rings. The Labute approximate surface area is 124 Å². The summed E-state index contributed by atoms with van der Waals surface area (Å²) in [6, 6.07) is 0. The van der Waals surface area contributed by atoms with Gasteiger partial charge in [-0.05, 0) is 25.0 Å². The number of carbonyl (C=O) groups excluding carboxylic acids is 2. The summed E-state index contributed by atoms with van der Waals surface area (Å²) in [5.74, 6) is -2.37. The van der Waals surface area contributed by atoms with Crippen LogP contribution in [0.3, 0.4) is 0 Å². The summed E-state index contributed by atoms with van der Waals surface area (Å²) in [6.45, 7) is 8.95. The van der Waals surface area contributed by atoms with Crippen molar-refractivity contribution < 1.29 is 36.9 Å². The van der Waals surface area contributed by atoms with Crippen LogP contribution in [-0.2, 0) is 26.7 Å². The molecule has 0 aromatic heterocycles. The average molecular weight is 267 g/mol. The van der Waals surface area contributed by atoms with Crippen LogP contribution in [0.5, 0.6) is 0 Å². The predicted octanol–water partition coefficient (Wildman–Crippen LogP) is -2.29. The van der Waals surface area contributed by atoms with Gasteiger partial charge >= 0.3 is 54.8 Å². The fourth-order valence-electron chi connectivity index (χ4n) is 0. The summed E-state index contributed by atoms with van der Waals surface area (Å²) >= 11 is 0. The van der Waals surface area contributed by atoms with E-state index in [4.69, 9.17) is 0 Å². The molecule has 0 aliphatic rings. The summed E-state index contributed by atoms with van der Waals surface area (Å²) < 4.78 is 0. The second kappa shape index (κ2) is 13.2. The number of carbonyl (C=O) groups is 2. The minimum Gasteiger partial charge on any atom is 2.00 e. The summed E-state index contributed by atoms with van der Waals surface area (Å²) in [7, 11) is 0. The Hall–Kier alpha value is 0.199. The SMILES string of the molecule is C=C(C)C(=O)[O-].C=C(C)C(=O)[O-].[CaH2].[Mn+2]. The molecule has 0 unspecified atom stereocenters. The van der Waals surface area contributed by atoms with E-state index in [1.807, 2.05) is 0 Å². The largest absolute Gasteiger partial charge is 2.00 e. The van der Waals surface area contributed by atoms with Crippen LogP contribution < -0.4 is 10.2 Å². The van der Waals surface area contributed by atoms with Gasteiger partial charge < -0.3 is 19.8 Å². The Morgan fingerprint density at radius 3 is 1.00 bits per heavy atom. The van der Waals surface area contributed by atoms with Crippen LogP contribution in [0, 0.1) is 0 Å². The molecule has 0 fully saturated rings. The van der Waals surface area contributed by atoms with Crippen molar-refractivity contribution in [2.45, 2.75) is 13.8 Å². The van der Waals surface area contributed by atoms with Crippen molar-refractivity contribution in [3.05, 3.63) is 24.3 Å². The van der Waals surface area contributed by atoms with E-state index < -0.39 is 11.9 Å². The molecule has 0 N–H and O–H groups in total. The third-order valence-electron chi connectivity index (χ3n) is 0.697. The van der Waals surface area contributed by atoms with E-state index in [9.17, 15) is 19.8 Å². The second-order valence-electron chi connectivity index (χ2n) is 2.14. The van der Waals surface area contributed by atoms with Gasteiger partial charge in [-0.25, -0.2) is 0 Å². The molecule has 0 bridgehead atoms. The molecule has 6 heteroatoms. The van der Waals surface area contributed by atoms with Crippen molar-refractivity contribution in [3.8, 4) is 0 Å². The Morgan fingerprint density at radius 2 is 1.00 bits per heavy atom. The number of hydrogen-bond donors (Lipinski definition) is 0. The molecule has 0 saturated carbocycles. The number of carboxylic acids is 2. The van der Waals surface area contributed by atoms with Crippen molar-refractivity contribution in [1.82, 2.24) is 0 Å². The molecule has 0 saturated heterocycles. The zero-order valence-electron chi connectivity index (χ0n) is 7.43. The summed E-state index contributed by atoms with van der Waals surface area (Å²) in [5, 5.41) is 19.0. The van der Waals surface area contributed by atoms with Gasteiger partial charge in [0.05, 0.1) is 11.9 Å². The normalized spacial score (nSPS) is 6.43. The number of rotatable bonds is 2. The first-order chi connectivity index (χ1) is 5.29. The molecule has 0 rings (SSSR count). The van der Waals surface area contributed by atoms with Crippen LogP contribution in [0.4, 0.5) is 0 Å². The Morgan fingerprint density at radius 1 is 0.929 bits per heavy atom. The molecule has 0 aliphatic heterocycles. The molecule has 0 spiro atoms. The summed E-state index contributed by atoms with van der Waals surface area (Å²) in [6.07, 6.45) is 0. The standard InChI is InChI=1S/2C4H6O2.Ca.Mn.2H/c2*1-3(2)4(5)6;;;;/h2*1H2,2H3,(H,5,6);;;;/q;;;+2;;/p-2. The van der Waals surface area contributed by atoms with Crippen molar-refractivity contribution in [2.75, 3.05) is 0 Å². The third-order valence-corrected chi connectivity index (χ3v) is 0.697. The van der Waals surface area contributed by atoms with Crippen LogP contribution in [0.15, 0.2) is 24.3 Å². The Kier molecular flexibility index (Phi) is 22.4. The molecule has 77 valence electrons. The fourth-order valence-corrected chi connectivity index (χ4v) is 0. The predicted molar refractivity (Wildman–Crippen MR) is 48.2 cm³/mol. The molecular formula is C8H12CaMnO4. The van der Waals surface area contributed by atoms with Gasteiger partial charge in [0.2, 0.25) is 0 Å². The maximum Gasteiger partial charge on any atom is 2.00 e. The van der Waals surface area contributed by atoms with Gasteiger partial charge in [0.15, 0.2) is 0 Å². The third kappa shape index (κ3) is 22.8. The van der Waals surface area contributed by atoms with E-state index >= 15 is 0 Å². The van der Waals surface area contributed by atoms with Gasteiger partial charge in [-0.2, -0.15) is 0 Å². The zero-order chi connectivity index (χ0) is 10.3. The number of hydrogen-bond acceptors (Lipinski definition) is 4. The van der Waals surface area contributed by atoms with Gasteiger partial charge in [0.1, 0.15) is 0 Å². The minimum absolute atomic E-state index is 0. The first kappa shape index (κ1) is 23.8. The first-order valence-corrected chi connectivity index (χ1v) is 3.02. The molecule has 0 atom stereocenters. The van der Waals surface area contributed by atoms with E-state index in [2.05, 4.69) is 13.2 Å². The molecule has 14 heavy (non-hydrogen) atoms. The van der Waals surface area contributed by atoms with Crippen LogP contribution in [0.2, 0.25) is 0 Å². The van der Waals surface area contributed by atoms with Gasteiger partial charge in [-0.1, -0.05) is 13.2 Å². The zero-order valence-corrected chi connectivity index (χ0v) is 8.61. The molecule has 0 amide bonds. The molecule has 4 nitrogen and oxygen atoms in total. The van der Waals surface area contributed by atoms with E-state index in [-0.39, 0.29) is 66.0 Å². The second-order valence-corrected chi connectivity index (χ2v) is 2.14. The molecule has 0 heterocycles. The molecule has 1 radical (unpaired) electrons. The van der Waals surface area contributed by atoms with Crippen LogP contribution in [0.25, 0.3) is 0 Å². The van der Waals surface area contributed by atoms with Gasteiger partial charge in [-0.15, -0.1) is 0 Å². The van der Waals surface area contributed by atoms with Crippen LogP contribution >= 0.6 is 0 Å². The van der Waals surface area contributed by atoms with Crippen molar-refractivity contribution >= 4 is 49.7 Å². The quantitative estimate of drug-likeness (QED) is 0.416. The van der Waals surface area contributed by atoms with Crippen molar-refractivity contribution in [1.29, 1.82) is 0 Å². The average Bonchev–Trinajstić information content (AvgIpc) is 1.88. The number of aliphatic carboxylic acids is 2. The number of carboxylic acid groups (broad SMARTS) is 2. The van der Waals surface area contributed by atoms with Gasteiger partial charge in [0, 0.05) is 0 Å². The van der Waals surface area contributed by atoms with Crippen molar-refractivity contribution in [3.63, 3.8) is 0 Å². The van der Waals surface area contributed by atoms with Gasteiger partial charge in [0.25, 0.3) is 0 Å². The molecular weight excluding hydrogens is 255 g/mol. The van der Waals surface area contributed by atoms with E-state index in [1.54, 1.807) is 0 Å². The smallest absolute Gasteiger partial charge is 2.00 e. The van der Waals surface area contributed by atoms with Crippen molar-refractivity contribution in [2.24, 2.45) is 0 Å². The summed E-state index contributed by atoms with van der Waals surface area (Å²) in [4.78, 5) is 19.0. The fraction of sp³-hybridized carbons (Fsp3) is 0.250. The summed E-state index contributed by atoms with van der Waals surface area (Å²) in [5.41, 5.74) is 0.130. The monoisotopic (exact) mass is 267 g/mol. The Balaban J connectivity index is -0.0000000625. The van der Waals surface area contributed by atoms with E-state index in [1.165, 1.54) is 13.8 Å². The maximum absolute atomic E-state index is 9.49.